The Bertz CT molecular complexity index is 779. The highest BCUT2D eigenvalue weighted by Gasteiger charge is 2.32. The molecule has 0 aliphatic carbocycles. The van der Waals surface area contributed by atoms with Crippen molar-refractivity contribution in [2.24, 2.45) is 0 Å². The third-order valence-electron chi connectivity index (χ3n) is 4.32. The van der Waals surface area contributed by atoms with E-state index in [-0.39, 0.29) is 24.8 Å². The number of aromatic nitrogens is 3. The molecule has 0 bridgehead atoms. The molecule has 26 heavy (non-hydrogen) atoms. The van der Waals surface area contributed by atoms with E-state index in [1.54, 1.807) is 6.07 Å². The van der Waals surface area contributed by atoms with Gasteiger partial charge in [-0.2, -0.15) is 0 Å². The van der Waals surface area contributed by atoms with Gasteiger partial charge >= 0.3 is 6.03 Å². The number of likely N-dealkylation sites (tertiary alicyclic amines) is 1. The van der Waals surface area contributed by atoms with Gasteiger partial charge in [0.25, 0.3) is 0 Å². The number of rotatable bonds is 6. The number of pyridine rings is 1. The van der Waals surface area contributed by atoms with Crippen molar-refractivity contribution in [3.8, 4) is 5.88 Å². The van der Waals surface area contributed by atoms with Crippen molar-refractivity contribution in [2.45, 2.75) is 25.7 Å². The Hall–Kier alpha value is -2.43. The first-order valence-electron chi connectivity index (χ1n) is 8.46. The number of anilines is 1. The highest BCUT2D eigenvalue weighted by atomic mass is 16.5. The average Bonchev–Trinajstić information content (AvgIpc) is 3.17. The van der Waals surface area contributed by atoms with Crippen LogP contribution < -0.4 is 15.4 Å². The molecule has 4 N–H and O–H groups in total. The van der Waals surface area contributed by atoms with Crippen LogP contribution in [0.25, 0.3) is 10.9 Å². The van der Waals surface area contributed by atoms with Gasteiger partial charge in [-0.1, -0.05) is 0 Å². The minimum atomic E-state index is -0.378. The van der Waals surface area contributed by atoms with Crippen LogP contribution in [0.4, 0.5) is 10.6 Å². The number of aromatic amines is 1. The summed E-state index contributed by atoms with van der Waals surface area (Å²) in [6, 6.07) is 1.16. The zero-order valence-corrected chi connectivity index (χ0v) is 15.1. The van der Waals surface area contributed by atoms with Crippen LogP contribution in [0.2, 0.25) is 0 Å². The molecule has 1 fully saturated rings. The largest absolute Gasteiger partial charge is 0.479 e. The molecule has 3 rings (SSSR count). The molecular weight excluding hydrogens is 340 g/mol. The number of hydrogen-bond acceptors (Lipinski definition) is 7. The van der Waals surface area contributed by atoms with Crippen LogP contribution in [0, 0.1) is 0 Å². The number of nitrogens with zero attached hydrogens (tertiary/aromatic N) is 3. The Morgan fingerprint density at radius 2 is 2.31 bits per heavy atom. The minimum Gasteiger partial charge on any atom is -0.479 e. The van der Waals surface area contributed by atoms with Crippen LogP contribution >= 0.6 is 0 Å². The van der Waals surface area contributed by atoms with E-state index >= 15 is 0 Å². The fourth-order valence-electron chi connectivity index (χ4n) is 3.22. The van der Waals surface area contributed by atoms with Gasteiger partial charge in [0, 0.05) is 25.8 Å². The molecule has 0 saturated carbocycles. The normalized spacial score (nSPS) is 20.5. The van der Waals surface area contributed by atoms with Gasteiger partial charge in [-0.3, -0.25) is 10.4 Å². The predicted molar refractivity (Wildman–Crippen MR) is 95.2 cm³/mol. The van der Waals surface area contributed by atoms with Crippen molar-refractivity contribution in [1.29, 1.82) is 0 Å². The molecule has 142 valence electrons. The molecular formula is C16H24N6O4. The van der Waals surface area contributed by atoms with E-state index in [0.29, 0.717) is 41.4 Å². The van der Waals surface area contributed by atoms with Crippen LogP contribution in [0.15, 0.2) is 6.07 Å². The summed E-state index contributed by atoms with van der Waals surface area (Å²) < 4.78 is 10.8. The van der Waals surface area contributed by atoms with Crippen molar-refractivity contribution < 1.29 is 19.4 Å². The van der Waals surface area contributed by atoms with Gasteiger partial charge in [0.2, 0.25) is 5.88 Å². The molecule has 1 aliphatic heterocycles. The molecule has 0 unspecified atom stereocenters. The second kappa shape index (κ2) is 7.85. The highest BCUT2D eigenvalue weighted by molar-refractivity contribution is 5.93. The first-order valence-corrected chi connectivity index (χ1v) is 8.46. The zero-order chi connectivity index (χ0) is 18.7. The number of urea groups is 1. The van der Waals surface area contributed by atoms with Gasteiger partial charge in [0.15, 0.2) is 0 Å². The number of hydrogen-bond donors (Lipinski definition) is 4. The van der Waals surface area contributed by atoms with Crippen molar-refractivity contribution in [3.05, 3.63) is 11.8 Å². The van der Waals surface area contributed by atoms with Crippen LogP contribution in [0.3, 0.4) is 0 Å². The van der Waals surface area contributed by atoms with E-state index in [4.69, 9.17) is 9.47 Å². The molecule has 0 spiro atoms. The maximum absolute atomic E-state index is 12.4. The number of carbonyl (C=O) groups excluding carboxylic acids is 1. The van der Waals surface area contributed by atoms with Crippen LogP contribution in [-0.4, -0.2) is 77.2 Å². The van der Waals surface area contributed by atoms with Gasteiger partial charge in [-0.05, 0) is 14.0 Å². The maximum Gasteiger partial charge on any atom is 0.320 e. The van der Waals surface area contributed by atoms with E-state index in [1.165, 1.54) is 7.11 Å². The molecule has 0 aromatic carbocycles. The third-order valence-corrected chi connectivity index (χ3v) is 4.32. The minimum absolute atomic E-state index is 0.0453. The summed E-state index contributed by atoms with van der Waals surface area (Å²) >= 11 is 0. The number of nitrogens with one attached hydrogen (secondary N) is 3. The van der Waals surface area contributed by atoms with E-state index in [2.05, 4.69) is 30.7 Å². The van der Waals surface area contributed by atoms with Crippen LogP contribution in [-0.2, 0) is 11.3 Å². The summed E-state index contributed by atoms with van der Waals surface area (Å²) in [6.45, 7) is 3.71. The standard InChI is InChI=1S/C16H24N6O4/c1-4-26-12-7-22(2)6-10(12)18-16(24)19-13-5-9-14(11(8-23)17-13)15(25-3)21-20-9/h5,10,12,23H,4,6-8H2,1-3H3,(H,20,21)(H2,17,18,19,24)/t10-,12+/m1/s1. The van der Waals surface area contributed by atoms with Gasteiger partial charge in [-0.25, -0.2) is 9.78 Å². The summed E-state index contributed by atoms with van der Waals surface area (Å²) in [5.41, 5.74) is 0.986. The molecule has 2 atom stereocenters. The maximum atomic E-state index is 12.4. The molecule has 2 amide bonds. The first kappa shape index (κ1) is 18.4. The number of methoxy groups -OCH3 is 1. The molecule has 1 aliphatic rings. The van der Waals surface area contributed by atoms with E-state index in [9.17, 15) is 9.90 Å². The lowest BCUT2D eigenvalue weighted by Crippen LogP contribution is -2.45. The molecule has 10 nitrogen and oxygen atoms in total. The lowest BCUT2D eigenvalue weighted by molar-refractivity contribution is 0.0568. The molecule has 10 heteroatoms. The summed E-state index contributed by atoms with van der Waals surface area (Å²) in [5.74, 6) is 0.658. The Morgan fingerprint density at radius 1 is 1.50 bits per heavy atom. The SMILES string of the molecule is CCO[C@H]1CN(C)C[C@H]1NC(=O)Nc1cc2[nH]nc(OC)c2c(CO)n1. The second-order valence-corrected chi connectivity index (χ2v) is 6.19. The Labute approximate surface area is 150 Å². The summed E-state index contributed by atoms with van der Waals surface area (Å²) in [4.78, 5) is 18.8. The number of aliphatic hydroxyl groups excluding tert-OH is 1. The van der Waals surface area contributed by atoms with Crippen LogP contribution in [0.5, 0.6) is 5.88 Å². The Morgan fingerprint density at radius 3 is 3.00 bits per heavy atom. The van der Waals surface area contributed by atoms with Gasteiger partial charge < -0.3 is 24.8 Å². The van der Waals surface area contributed by atoms with Crippen molar-refractivity contribution >= 4 is 22.8 Å². The highest BCUT2D eigenvalue weighted by Crippen LogP contribution is 2.27. The van der Waals surface area contributed by atoms with Gasteiger partial charge in [-0.15, -0.1) is 5.10 Å². The third kappa shape index (κ3) is 3.71. The topological polar surface area (TPSA) is 125 Å². The van der Waals surface area contributed by atoms with Crippen LogP contribution in [0.1, 0.15) is 12.6 Å². The quantitative estimate of drug-likeness (QED) is 0.581. The second-order valence-electron chi connectivity index (χ2n) is 6.19. The number of carbonyl (C=O) groups is 1. The lowest BCUT2D eigenvalue weighted by Gasteiger charge is -2.20. The number of aliphatic hydroxyl groups is 1. The Kier molecular flexibility index (Phi) is 5.55. The van der Waals surface area contributed by atoms with Gasteiger partial charge in [0.1, 0.15) is 5.82 Å². The van der Waals surface area contributed by atoms with E-state index < -0.39 is 0 Å². The number of amides is 2. The summed E-state index contributed by atoms with van der Waals surface area (Å²) in [6.07, 6.45) is -0.0453. The van der Waals surface area contributed by atoms with Gasteiger partial charge in [0.05, 0.1) is 42.5 Å². The molecule has 0 radical (unpaired) electrons. The average molecular weight is 364 g/mol. The fourth-order valence-corrected chi connectivity index (χ4v) is 3.22. The van der Waals surface area contributed by atoms with Crippen molar-refractivity contribution in [3.63, 3.8) is 0 Å². The Balaban J connectivity index is 1.73. The lowest BCUT2D eigenvalue weighted by atomic mass is 10.2. The number of fused-ring (bicyclic) bond motifs is 1. The zero-order valence-electron chi connectivity index (χ0n) is 15.1. The molecule has 2 aromatic rings. The molecule has 3 heterocycles. The van der Waals surface area contributed by atoms with E-state index in [1.807, 2.05) is 14.0 Å². The fraction of sp³-hybridized carbons (Fsp3) is 0.562. The number of likely N-dealkylation sites (N-methyl/N-ethyl adjacent to an activating group) is 1. The first-order chi connectivity index (χ1) is 12.5. The molecule has 1 saturated heterocycles. The predicted octanol–water partition coefficient (Wildman–Crippen LogP) is 0.299. The monoisotopic (exact) mass is 364 g/mol. The summed E-state index contributed by atoms with van der Waals surface area (Å²) in [7, 11) is 3.48. The smallest absolute Gasteiger partial charge is 0.320 e. The summed E-state index contributed by atoms with van der Waals surface area (Å²) in [5, 5.41) is 22.6. The number of ether oxygens (including phenoxy) is 2. The number of H-pyrrole nitrogens is 1. The van der Waals surface area contributed by atoms with Crippen molar-refractivity contribution in [1.82, 2.24) is 25.4 Å². The van der Waals surface area contributed by atoms with E-state index in [0.717, 1.165) is 6.54 Å². The van der Waals surface area contributed by atoms with Crippen molar-refractivity contribution in [2.75, 3.05) is 39.2 Å². The molecule has 2 aromatic heterocycles.